The Hall–Kier alpha value is -1.44. The lowest BCUT2D eigenvalue weighted by molar-refractivity contribution is -0.173. The SMILES string of the molecule is FC(F)(F)COCCCNc1ccccc1C(F)(F)F. The summed E-state index contributed by atoms with van der Waals surface area (Å²) >= 11 is 0. The average Bonchev–Trinajstić information content (AvgIpc) is 2.31. The number of rotatable bonds is 6. The summed E-state index contributed by atoms with van der Waals surface area (Å²) in [6.45, 7) is -1.45. The lowest BCUT2D eigenvalue weighted by atomic mass is 10.1. The van der Waals surface area contributed by atoms with Gasteiger partial charge in [-0.3, -0.25) is 0 Å². The minimum absolute atomic E-state index is 0.0882. The fourth-order valence-electron chi connectivity index (χ4n) is 1.47. The zero-order valence-corrected chi connectivity index (χ0v) is 10.3. The summed E-state index contributed by atoms with van der Waals surface area (Å²) in [7, 11) is 0. The smallest absolute Gasteiger partial charge is 0.384 e. The standard InChI is InChI=1S/C12H13F6NO/c13-11(14,15)8-20-7-3-6-19-10-5-2-1-4-9(10)12(16,17)18/h1-2,4-5,19H,3,6-8H2. The van der Waals surface area contributed by atoms with Gasteiger partial charge in [-0.15, -0.1) is 0 Å². The first-order valence-electron chi connectivity index (χ1n) is 5.75. The number of benzene rings is 1. The van der Waals surface area contributed by atoms with E-state index in [9.17, 15) is 26.3 Å². The molecule has 0 fully saturated rings. The van der Waals surface area contributed by atoms with Gasteiger partial charge in [0.1, 0.15) is 6.61 Å². The summed E-state index contributed by atoms with van der Waals surface area (Å²) in [4.78, 5) is 0. The molecule has 0 aromatic heterocycles. The maximum absolute atomic E-state index is 12.6. The molecule has 0 saturated heterocycles. The molecule has 0 amide bonds. The van der Waals surface area contributed by atoms with Crippen molar-refractivity contribution in [3.05, 3.63) is 29.8 Å². The van der Waals surface area contributed by atoms with E-state index in [1.807, 2.05) is 0 Å². The molecule has 2 nitrogen and oxygen atoms in total. The van der Waals surface area contributed by atoms with Gasteiger partial charge in [0.15, 0.2) is 0 Å². The Labute approximate surface area is 111 Å². The maximum atomic E-state index is 12.6. The molecule has 0 bridgehead atoms. The van der Waals surface area contributed by atoms with Gasteiger partial charge < -0.3 is 10.1 Å². The van der Waals surface area contributed by atoms with Gasteiger partial charge in [-0.2, -0.15) is 26.3 Å². The molecule has 1 aromatic rings. The van der Waals surface area contributed by atoms with Crippen LogP contribution in [0.5, 0.6) is 0 Å². The summed E-state index contributed by atoms with van der Waals surface area (Å²) in [6.07, 6.45) is -8.70. The molecule has 0 spiro atoms. The Morgan fingerprint density at radius 1 is 1.00 bits per heavy atom. The highest BCUT2D eigenvalue weighted by molar-refractivity contribution is 5.52. The van der Waals surface area contributed by atoms with Crippen LogP contribution in [0, 0.1) is 0 Å². The van der Waals surface area contributed by atoms with Crippen molar-refractivity contribution in [1.29, 1.82) is 0 Å². The van der Waals surface area contributed by atoms with Crippen molar-refractivity contribution in [3.63, 3.8) is 0 Å². The minimum atomic E-state index is -4.48. The quantitative estimate of drug-likeness (QED) is 0.631. The maximum Gasteiger partial charge on any atom is 0.418 e. The van der Waals surface area contributed by atoms with Gasteiger partial charge in [0.25, 0.3) is 0 Å². The lowest BCUT2D eigenvalue weighted by Gasteiger charge is -2.14. The van der Waals surface area contributed by atoms with E-state index in [4.69, 9.17) is 0 Å². The van der Waals surface area contributed by atoms with Crippen LogP contribution in [-0.4, -0.2) is 25.9 Å². The summed E-state index contributed by atoms with van der Waals surface area (Å²) in [5.74, 6) is 0. The fourth-order valence-corrected chi connectivity index (χ4v) is 1.47. The molecule has 1 N–H and O–H groups in total. The summed E-state index contributed by atoms with van der Waals surface area (Å²) in [6, 6.07) is 4.90. The number of halogens is 6. The molecule has 0 unspecified atom stereocenters. The number of anilines is 1. The highest BCUT2D eigenvalue weighted by atomic mass is 19.4. The molecule has 1 rings (SSSR count). The second-order valence-corrected chi connectivity index (χ2v) is 3.99. The second kappa shape index (κ2) is 6.83. The first kappa shape index (κ1) is 16.6. The minimum Gasteiger partial charge on any atom is -0.384 e. The zero-order valence-electron chi connectivity index (χ0n) is 10.3. The summed E-state index contributed by atoms with van der Waals surface area (Å²) in [5.41, 5.74) is -0.910. The largest absolute Gasteiger partial charge is 0.418 e. The van der Waals surface area contributed by atoms with Crippen molar-refractivity contribution < 1.29 is 31.1 Å². The third kappa shape index (κ3) is 6.14. The molecule has 1 aromatic carbocycles. The number of hydrogen-bond donors (Lipinski definition) is 1. The van der Waals surface area contributed by atoms with Gasteiger partial charge in [0.2, 0.25) is 0 Å². The Morgan fingerprint density at radius 3 is 2.25 bits per heavy atom. The topological polar surface area (TPSA) is 21.3 Å². The number of ether oxygens (including phenoxy) is 1. The molecule has 0 aliphatic carbocycles. The van der Waals surface area contributed by atoms with E-state index in [-0.39, 0.29) is 25.3 Å². The Morgan fingerprint density at radius 2 is 1.65 bits per heavy atom. The first-order valence-corrected chi connectivity index (χ1v) is 5.75. The Kier molecular flexibility index (Phi) is 5.67. The number of alkyl halides is 6. The normalized spacial score (nSPS) is 12.5. The van der Waals surface area contributed by atoms with Crippen LogP contribution in [0.25, 0.3) is 0 Å². The van der Waals surface area contributed by atoms with Crippen LogP contribution in [0.2, 0.25) is 0 Å². The van der Waals surface area contributed by atoms with Gasteiger partial charge in [0, 0.05) is 18.8 Å². The highest BCUT2D eigenvalue weighted by Gasteiger charge is 2.33. The van der Waals surface area contributed by atoms with E-state index in [2.05, 4.69) is 10.1 Å². The molecule has 0 heterocycles. The van der Waals surface area contributed by atoms with Gasteiger partial charge in [-0.05, 0) is 18.6 Å². The molecular formula is C12H13F6NO. The van der Waals surface area contributed by atoms with Gasteiger partial charge in [0.05, 0.1) is 5.56 Å². The predicted molar refractivity (Wildman–Crippen MR) is 61.4 cm³/mol. The Bertz CT molecular complexity index is 415. The number of para-hydroxylation sites is 1. The predicted octanol–water partition coefficient (Wildman–Crippen LogP) is 4.09. The van der Waals surface area contributed by atoms with Crippen LogP contribution in [0.3, 0.4) is 0 Å². The lowest BCUT2D eigenvalue weighted by Crippen LogP contribution is -2.18. The molecule has 0 saturated carbocycles. The molecule has 114 valence electrons. The molecule has 0 radical (unpaired) electrons. The average molecular weight is 301 g/mol. The van der Waals surface area contributed by atoms with Crippen molar-refractivity contribution in [3.8, 4) is 0 Å². The van der Waals surface area contributed by atoms with Crippen molar-refractivity contribution in [2.75, 3.05) is 25.1 Å². The molecule has 0 aliphatic heterocycles. The van der Waals surface area contributed by atoms with Crippen LogP contribution in [0.15, 0.2) is 24.3 Å². The van der Waals surface area contributed by atoms with Crippen molar-refractivity contribution in [2.45, 2.75) is 18.8 Å². The van der Waals surface area contributed by atoms with Crippen molar-refractivity contribution >= 4 is 5.69 Å². The first-order chi connectivity index (χ1) is 9.20. The van der Waals surface area contributed by atoms with E-state index in [0.29, 0.717) is 0 Å². The summed E-state index contributed by atoms with van der Waals surface area (Å²) < 4.78 is 77.5. The molecular weight excluding hydrogens is 288 g/mol. The van der Waals surface area contributed by atoms with Gasteiger partial charge in [-0.25, -0.2) is 0 Å². The van der Waals surface area contributed by atoms with Crippen LogP contribution in [-0.2, 0) is 10.9 Å². The van der Waals surface area contributed by atoms with E-state index in [0.717, 1.165) is 6.07 Å². The number of nitrogens with one attached hydrogen (secondary N) is 1. The van der Waals surface area contributed by atoms with Crippen LogP contribution < -0.4 is 5.32 Å². The fraction of sp³-hybridized carbons (Fsp3) is 0.500. The highest BCUT2D eigenvalue weighted by Crippen LogP contribution is 2.34. The van der Waals surface area contributed by atoms with E-state index >= 15 is 0 Å². The number of hydrogen-bond acceptors (Lipinski definition) is 2. The van der Waals surface area contributed by atoms with E-state index < -0.39 is 24.5 Å². The van der Waals surface area contributed by atoms with Crippen molar-refractivity contribution in [1.82, 2.24) is 0 Å². The molecule has 8 heteroatoms. The van der Waals surface area contributed by atoms with Gasteiger partial charge >= 0.3 is 12.4 Å². The molecule has 0 atom stereocenters. The monoisotopic (exact) mass is 301 g/mol. The van der Waals surface area contributed by atoms with Crippen molar-refractivity contribution in [2.24, 2.45) is 0 Å². The van der Waals surface area contributed by atoms with Crippen LogP contribution in [0.1, 0.15) is 12.0 Å². The molecule has 0 aliphatic rings. The zero-order chi connectivity index (χ0) is 15.2. The van der Waals surface area contributed by atoms with Crippen LogP contribution in [0.4, 0.5) is 32.0 Å². The second-order valence-electron chi connectivity index (χ2n) is 3.99. The van der Waals surface area contributed by atoms with Gasteiger partial charge in [-0.1, -0.05) is 12.1 Å². The third-order valence-electron chi connectivity index (χ3n) is 2.28. The third-order valence-corrected chi connectivity index (χ3v) is 2.28. The Balaban J connectivity index is 2.36. The molecule has 20 heavy (non-hydrogen) atoms. The summed E-state index contributed by atoms with van der Waals surface area (Å²) in [5, 5.41) is 2.54. The van der Waals surface area contributed by atoms with E-state index in [1.54, 1.807) is 0 Å². The van der Waals surface area contributed by atoms with Crippen LogP contribution >= 0.6 is 0 Å². The van der Waals surface area contributed by atoms with E-state index in [1.165, 1.54) is 18.2 Å².